The minimum Gasteiger partial charge on any atom is -0.399 e. The fourth-order valence-corrected chi connectivity index (χ4v) is 3.73. The average molecular weight is 287 g/mol. The summed E-state index contributed by atoms with van der Waals surface area (Å²) < 4.78 is 27.1. The number of benzene rings is 1. The van der Waals surface area contributed by atoms with Gasteiger partial charge in [-0.2, -0.15) is 0 Å². The maximum Gasteiger partial charge on any atom is 0.242 e. The molecular formula is C12H15ClN2O2S. The van der Waals surface area contributed by atoms with Gasteiger partial charge in [0.2, 0.25) is 10.0 Å². The Bertz CT molecular complexity index is 569. The minimum absolute atomic E-state index is 0.0405. The quantitative estimate of drug-likeness (QED) is 0.661. The zero-order valence-corrected chi connectivity index (χ0v) is 11.3. The van der Waals surface area contributed by atoms with Gasteiger partial charge in [-0.1, -0.05) is 23.8 Å². The second-order valence-corrected chi connectivity index (χ2v) is 6.38. The van der Waals surface area contributed by atoms with Gasteiger partial charge in [-0.3, -0.25) is 0 Å². The fraction of sp³-hybridized carbons (Fsp3) is 0.333. The first-order chi connectivity index (χ1) is 8.49. The van der Waals surface area contributed by atoms with Gasteiger partial charge in [-0.25, -0.2) is 13.1 Å². The molecule has 6 heteroatoms. The highest BCUT2D eigenvalue weighted by Gasteiger charge is 2.22. The van der Waals surface area contributed by atoms with Crippen LogP contribution in [0.1, 0.15) is 19.3 Å². The molecule has 1 unspecified atom stereocenters. The SMILES string of the molecule is Nc1ccc(Cl)c(S(=O)(=O)NC2CC=CCC2)c1. The van der Waals surface area contributed by atoms with Gasteiger partial charge in [0.15, 0.2) is 0 Å². The Morgan fingerprint density at radius 2 is 2.11 bits per heavy atom. The van der Waals surface area contributed by atoms with Gasteiger partial charge in [-0.15, -0.1) is 0 Å². The second-order valence-electron chi connectivity index (χ2n) is 4.29. The first kappa shape index (κ1) is 13.4. The number of hydrogen-bond donors (Lipinski definition) is 2. The monoisotopic (exact) mass is 286 g/mol. The average Bonchev–Trinajstić information content (AvgIpc) is 2.33. The molecular weight excluding hydrogens is 272 g/mol. The van der Waals surface area contributed by atoms with Crippen molar-refractivity contribution in [1.82, 2.24) is 4.72 Å². The smallest absolute Gasteiger partial charge is 0.242 e. The number of allylic oxidation sites excluding steroid dienone is 1. The number of hydrogen-bond acceptors (Lipinski definition) is 3. The van der Waals surface area contributed by atoms with Crippen LogP contribution in [-0.2, 0) is 10.0 Å². The maximum absolute atomic E-state index is 12.2. The molecule has 3 N–H and O–H groups in total. The van der Waals surface area contributed by atoms with E-state index in [1.165, 1.54) is 12.1 Å². The van der Waals surface area contributed by atoms with Crippen LogP contribution in [0.4, 0.5) is 5.69 Å². The molecule has 0 aromatic heterocycles. The normalized spacial score (nSPS) is 19.9. The topological polar surface area (TPSA) is 72.2 Å². The van der Waals surface area contributed by atoms with Gasteiger partial charge >= 0.3 is 0 Å². The minimum atomic E-state index is -3.61. The van der Waals surface area contributed by atoms with E-state index in [2.05, 4.69) is 10.8 Å². The van der Waals surface area contributed by atoms with Gasteiger partial charge in [0.25, 0.3) is 0 Å². The van der Waals surface area contributed by atoms with Crippen molar-refractivity contribution in [2.24, 2.45) is 0 Å². The molecule has 0 aliphatic heterocycles. The number of rotatable bonds is 3. The van der Waals surface area contributed by atoms with E-state index in [1.54, 1.807) is 6.07 Å². The number of nitrogens with one attached hydrogen (secondary N) is 1. The second kappa shape index (κ2) is 5.30. The van der Waals surface area contributed by atoms with Crippen molar-refractivity contribution in [3.05, 3.63) is 35.4 Å². The summed E-state index contributed by atoms with van der Waals surface area (Å²) in [6.07, 6.45) is 6.43. The molecule has 0 saturated heterocycles. The lowest BCUT2D eigenvalue weighted by molar-refractivity contribution is 0.522. The Balaban J connectivity index is 2.24. The molecule has 0 fully saturated rings. The number of anilines is 1. The summed E-state index contributed by atoms with van der Waals surface area (Å²) in [5, 5.41) is 0.183. The molecule has 1 atom stereocenters. The predicted octanol–water partition coefficient (Wildman–Crippen LogP) is 2.31. The Morgan fingerprint density at radius 3 is 2.78 bits per heavy atom. The lowest BCUT2D eigenvalue weighted by Crippen LogP contribution is -2.35. The van der Waals surface area contributed by atoms with Gasteiger partial charge in [0, 0.05) is 11.7 Å². The van der Waals surface area contributed by atoms with Gasteiger partial charge in [-0.05, 0) is 37.5 Å². The van der Waals surface area contributed by atoms with Crippen LogP contribution in [0, 0.1) is 0 Å². The zero-order valence-electron chi connectivity index (χ0n) is 9.77. The molecule has 0 bridgehead atoms. The first-order valence-corrected chi connectivity index (χ1v) is 7.57. The summed E-state index contributed by atoms with van der Waals surface area (Å²) in [6, 6.07) is 4.37. The highest BCUT2D eigenvalue weighted by molar-refractivity contribution is 7.89. The van der Waals surface area contributed by atoms with Gasteiger partial charge in [0.05, 0.1) is 5.02 Å². The molecule has 18 heavy (non-hydrogen) atoms. The third kappa shape index (κ3) is 3.04. The summed E-state index contributed by atoms with van der Waals surface area (Å²) in [5.41, 5.74) is 5.97. The zero-order chi connectivity index (χ0) is 13.2. The van der Waals surface area contributed by atoms with Crippen molar-refractivity contribution >= 4 is 27.3 Å². The van der Waals surface area contributed by atoms with Crippen LogP contribution in [0.5, 0.6) is 0 Å². The summed E-state index contributed by atoms with van der Waals surface area (Å²) in [5.74, 6) is 0. The summed E-state index contributed by atoms with van der Waals surface area (Å²) in [4.78, 5) is 0.0405. The Morgan fingerprint density at radius 1 is 1.33 bits per heavy atom. The first-order valence-electron chi connectivity index (χ1n) is 5.71. The van der Waals surface area contributed by atoms with E-state index < -0.39 is 10.0 Å². The summed E-state index contributed by atoms with van der Waals surface area (Å²) in [7, 11) is -3.61. The van der Waals surface area contributed by atoms with Crippen LogP contribution in [0.3, 0.4) is 0 Å². The van der Waals surface area contributed by atoms with E-state index in [1.807, 2.05) is 6.08 Å². The van der Waals surface area contributed by atoms with Crippen molar-refractivity contribution in [1.29, 1.82) is 0 Å². The van der Waals surface area contributed by atoms with Crippen LogP contribution >= 0.6 is 11.6 Å². The molecule has 98 valence electrons. The van der Waals surface area contributed by atoms with Crippen molar-refractivity contribution in [2.75, 3.05) is 5.73 Å². The van der Waals surface area contributed by atoms with Crippen LogP contribution in [0.25, 0.3) is 0 Å². The highest BCUT2D eigenvalue weighted by atomic mass is 35.5. The Labute approximate surface area is 112 Å². The molecule has 0 amide bonds. The number of nitrogen functional groups attached to an aromatic ring is 1. The molecule has 2 rings (SSSR count). The number of sulfonamides is 1. The van der Waals surface area contributed by atoms with Crippen LogP contribution in [0.2, 0.25) is 5.02 Å². The number of nitrogens with two attached hydrogens (primary N) is 1. The van der Waals surface area contributed by atoms with Gasteiger partial charge in [0.1, 0.15) is 4.90 Å². The molecule has 0 heterocycles. The molecule has 1 aromatic rings. The molecule has 1 aliphatic carbocycles. The van der Waals surface area contributed by atoms with Crippen molar-refractivity contribution in [3.63, 3.8) is 0 Å². The molecule has 1 aromatic carbocycles. The van der Waals surface area contributed by atoms with Crippen molar-refractivity contribution < 1.29 is 8.42 Å². The lowest BCUT2D eigenvalue weighted by Gasteiger charge is -2.19. The van der Waals surface area contributed by atoms with E-state index >= 15 is 0 Å². The van der Waals surface area contributed by atoms with E-state index in [4.69, 9.17) is 17.3 Å². The highest BCUT2D eigenvalue weighted by Crippen LogP contribution is 2.24. The third-order valence-corrected chi connectivity index (χ3v) is 4.84. The lowest BCUT2D eigenvalue weighted by atomic mass is 10.0. The van der Waals surface area contributed by atoms with E-state index in [9.17, 15) is 8.42 Å². The molecule has 0 radical (unpaired) electrons. The van der Waals surface area contributed by atoms with Crippen LogP contribution < -0.4 is 10.5 Å². The number of halogens is 1. The Hall–Kier alpha value is -1.04. The van der Waals surface area contributed by atoms with E-state index in [0.717, 1.165) is 12.8 Å². The van der Waals surface area contributed by atoms with Crippen molar-refractivity contribution in [2.45, 2.75) is 30.2 Å². The van der Waals surface area contributed by atoms with Crippen LogP contribution in [0.15, 0.2) is 35.2 Å². The van der Waals surface area contributed by atoms with Crippen LogP contribution in [-0.4, -0.2) is 14.5 Å². The summed E-state index contributed by atoms with van der Waals surface area (Å²) in [6.45, 7) is 0. The van der Waals surface area contributed by atoms with E-state index in [-0.39, 0.29) is 16.0 Å². The maximum atomic E-state index is 12.2. The van der Waals surface area contributed by atoms with E-state index in [0.29, 0.717) is 12.1 Å². The van der Waals surface area contributed by atoms with Gasteiger partial charge < -0.3 is 5.73 Å². The largest absolute Gasteiger partial charge is 0.399 e. The standard InChI is InChI=1S/C12H15ClN2O2S/c13-11-7-6-9(14)8-12(11)18(16,17)15-10-4-2-1-3-5-10/h1-2,6-8,10,15H,3-5,14H2. The van der Waals surface area contributed by atoms with Crippen molar-refractivity contribution in [3.8, 4) is 0 Å². The summed E-state index contributed by atoms with van der Waals surface area (Å²) >= 11 is 5.91. The molecule has 0 spiro atoms. The third-order valence-electron chi connectivity index (χ3n) is 2.84. The molecule has 1 aliphatic rings. The molecule has 0 saturated carbocycles. The predicted molar refractivity (Wildman–Crippen MR) is 73.0 cm³/mol. The fourth-order valence-electron chi connectivity index (χ4n) is 1.91. The Kier molecular flexibility index (Phi) is 3.94. The molecule has 4 nitrogen and oxygen atoms in total.